The Hall–Kier alpha value is -2.01. The third-order valence-electron chi connectivity index (χ3n) is 5.14. The van der Waals surface area contributed by atoms with Crippen molar-refractivity contribution in [3.63, 3.8) is 0 Å². The van der Waals surface area contributed by atoms with E-state index in [-0.39, 0.29) is 17.8 Å². The van der Waals surface area contributed by atoms with Crippen LogP contribution >= 0.6 is 11.6 Å². The predicted molar refractivity (Wildman–Crippen MR) is 122 cm³/mol. The fourth-order valence-corrected chi connectivity index (χ4v) is 3.58. The number of nitrogens with one attached hydrogen (secondary N) is 1. The first-order chi connectivity index (χ1) is 14.4. The molecule has 1 amide bonds. The van der Waals surface area contributed by atoms with Crippen molar-refractivity contribution in [1.82, 2.24) is 5.32 Å². The maximum Gasteiger partial charge on any atom is 0.306 e. The van der Waals surface area contributed by atoms with Gasteiger partial charge in [0.2, 0.25) is 5.91 Å². The van der Waals surface area contributed by atoms with Crippen LogP contribution in [0, 0.1) is 17.8 Å². The number of halogens is 1. The first kappa shape index (κ1) is 26.0. The van der Waals surface area contributed by atoms with Crippen LogP contribution in [0.25, 0.3) is 0 Å². The second-order valence-electron chi connectivity index (χ2n) is 7.87. The SMILES string of the molecule is CCC(CCCOC1=C[C@H](C)C[C@@H](CC(=O)OC)C=C1)CC(=O)N/C(C)=C/C=C/Cl. The second-order valence-corrected chi connectivity index (χ2v) is 8.12. The van der Waals surface area contributed by atoms with Crippen LogP contribution in [0.5, 0.6) is 0 Å². The molecule has 0 aromatic rings. The number of allylic oxidation sites excluding steroid dienone is 6. The van der Waals surface area contributed by atoms with Crippen molar-refractivity contribution >= 4 is 23.5 Å². The van der Waals surface area contributed by atoms with Gasteiger partial charge in [0.1, 0.15) is 5.76 Å². The van der Waals surface area contributed by atoms with E-state index in [1.807, 2.05) is 19.1 Å². The zero-order valence-electron chi connectivity index (χ0n) is 18.7. The third-order valence-corrected chi connectivity index (χ3v) is 5.29. The quantitative estimate of drug-likeness (QED) is 0.244. The fourth-order valence-electron chi connectivity index (χ4n) is 3.50. The van der Waals surface area contributed by atoms with Crippen molar-refractivity contribution in [3.8, 4) is 0 Å². The van der Waals surface area contributed by atoms with Gasteiger partial charge in [-0.25, -0.2) is 0 Å². The summed E-state index contributed by atoms with van der Waals surface area (Å²) in [7, 11) is 1.42. The summed E-state index contributed by atoms with van der Waals surface area (Å²) in [5.74, 6) is 1.53. The van der Waals surface area contributed by atoms with Crippen LogP contribution in [-0.4, -0.2) is 25.6 Å². The smallest absolute Gasteiger partial charge is 0.306 e. The molecule has 3 atom stereocenters. The number of methoxy groups -OCH3 is 1. The van der Waals surface area contributed by atoms with E-state index in [1.54, 1.807) is 12.2 Å². The van der Waals surface area contributed by atoms with Crippen molar-refractivity contribution in [1.29, 1.82) is 0 Å². The summed E-state index contributed by atoms with van der Waals surface area (Å²) in [4.78, 5) is 23.7. The summed E-state index contributed by atoms with van der Waals surface area (Å²) in [6.07, 6.45) is 14.1. The Balaban J connectivity index is 2.40. The highest BCUT2D eigenvalue weighted by atomic mass is 35.5. The maximum atomic E-state index is 12.2. The molecule has 0 saturated heterocycles. The predicted octanol–water partition coefficient (Wildman–Crippen LogP) is 5.63. The molecule has 0 aromatic heterocycles. The number of carbonyl (C=O) groups excluding carboxylic acids is 2. The Labute approximate surface area is 186 Å². The van der Waals surface area contributed by atoms with Crippen LogP contribution in [0.15, 0.2) is 47.4 Å². The molecule has 0 bridgehead atoms. The molecule has 1 unspecified atom stereocenters. The van der Waals surface area contributed by atoms with Gasteiger partial charge in [0.25, 0.3) is 0 Å². The third kappa shape index (κ3) is 11.2. The van der Waals surface area contributed by atoms with Gasteiger partial charge in [0.05, 0.1) is 20.1 Å². The lowest BCUT2D eigenvalue weighted by molar-refractivity contribution is -0.141. The van der Waals surface area contributed by atoms with Crippen LogP contribution in [0.2, 0.25) is 0 Å². The average molecular weight is 438 g/mol. The van der Waals surface area contributed by atoms with Crippen molar-refractivity contribution in [2.24, 2.45) is 17.8 Å². The normalized spacial score (nSPS) is 20.4. The molecule has 0 spiro atoms. The largest absolute Gasteiger partial charge is 0.494 e. The minimum Gasteiger partial charge on any atom is -0.494 e. The number of amides is 1. The molecule has 1 aliphatic carbocycles. The maximum absolute atomic E-state index is 12.2. The van der Waals surface area contributed by atoms with E-state index in [9.17, 15) is 9.59 Å². The first-order valence-corrected chi connectivity index (χ1v) is 11.1. The van der Waals surface area contributed by atoms with E-state index in [0.717, 1.165) is 37.1 Å². The van der Waals surface area contributed by atoms with Gasteiger partial charge in [-0.15, -0.1) is 0 Å². The van der Waals surface area contributed by atoms with Gasteiger partial charge in [-0.3, -0.25) is 9.59 Å². The van der Waals surface area contributed by atoms with Crippen molar-refractivity contribution in [2.45, 2.75) is 59.3 Å². The minimum atomic E-state index is -0.183. The highest BCUT2D eigenvalue weighted by molar-refractivity contribution is 6.25. The number of hydrogen-bond acceptors (Lipinski definition) is 4. The van der Waals surface area contributed by atoms with Crippen LogP contribution in [0.4, 0.5) is 0 Å². The minimum absolute atomic E-state index is 0.0272. The van der Waals surface area contributed by atoms with Gasteiger partial charge >= 0.3 is 5.97 Å². The number of rotatable bonds is 12. The lowest BCUT2D eigenvalue weighted by Gasteiger charge is -2.15. The zero-order chi connectivity index (χ0) is 22.4. The van der Waals surface area contributed by atoms with Gasteiger partial charge in [-0.1, -0.05) is 37.9 Å². The lowest BCUT2D eigenvalue weighted by Crippen LogP contribution is -2.24. The Kier molecular flexibility index (Phi) is 12.9. The van der Waals surface area contributed by atoms with E-state index >= 15 is 0 Å². The van der Waals surface area contributed by atoms with Crippen LogP contribution in [0.3, 0.4) is 0 Å². The number of esters is 1. The molecule has 0 heterocycles. The molecular formula is C24H36ClNO4. The molecule has 1 N–H and O–H groups in total. The van der Waals surface area contributed by atoms with E-state index in [2.05, 4.69) is 25.2 Å². The summed E-state index contributed by atoms with van der Waals surface area (Å²) < 4.78 is 10.7. The van der Waals surface area contributed by atoms with Crippen molar-refractivity contribution < 1.29 is 19.1 Å². The summed E-state index contributed by atoms with van der Waals surface area (Å²) in [5, 5.41) is 2.89. The molecule has 0 radical (unpaired) electrons. The molecule has 0 fully saturated rings. The molecule has 1 rings (SSSR count). The molecule has 0 aromatic carbocycles. The zero-order valence-corrected chi connectivity index (χ0v) is 19.4. The summed E-state index contributed by atoms with van der Waals surface area (Å²) in [6, 6.07) is 0. The van der Waals surface area contributed by atoms with Crippen molar-refractivity contribution in [2.75, 3.05) is 13.7 Å². The number of ether oxygens (including phenoxy) is 2. The molecular weight excluding hydrogens is 402 g/mol. The van der Waals surface area contributed by atoms with E-state index in [4.69, 9.17) is 21.1 Å². The Morgan fingerprint density at radius 3 is 2.83 bits per heavy atom. The van der Waals surface area contributed by atoms with E-state index in [0.29, 0.717) is 31.3 Å². The first-order valence-electron chi connectivity index (χ1n) is 10.7. The second kappa shape index (κ2) is 14.9. The van der Waals surface area contributed by atoms with Crippen LogP contribution in [-0.2, 0) is 19.1 Å². The molecule has 0 aliphatic heterocycles. The molecule has 30 heavy (non-hydrogen) atoms. The summed E-state index contributed by atoms with van der Waals surface area (Å²) in [5.41, 5.74) is 2.19. The van der Waals surface area contributed by atoms with Crippen LogP contribution < -0.4 is 5.32 Å². The Morgan fingerprint density at radius 1 is 1.40 bits per heavy atom. The Bertz CT molecular complexity index is 666. The molecule has 1 aliphatic rings. The topological polar surface area (TPSA) is 64.6 Å². The van der Waals surface area contributed by atoms with E-state index in [1.165, 1.54) is 12.6 Å². The standard InChI is InChI=1S/C24H36ClNO4/c1-5-20(16-23(27)26-19(3)8-6-12-25)9-7-13-30-22-11-10-21(14-18(2)15-22)17-24(28)29-4/h6,8,10-12,15,18,20-21H,5,7,9,13-14,16-17H2,1-4H3,(H,26,27)/b12-6+,19-8+/t18-,20?,21+/m1/s1. The molecule has 5 nitrogen and oxygen atoms in total. The van der Waals surface area contributed by atoms with Gasteiger partial charge in [0.15, 0.2) is 0 Å². The monoisotopic (exact) mass is 437 g/mol. The summed E-state index contributed by atoms with van der Waals surface area (Å²) in [6.45, 7) is 6.69. The van der Waals surface area contributed by atoms with Gasteiger partial charge in [-0.05, 0) is 68.2 Å². The number of hydrogen-bond donors (Lipinski definition) is 1. The summed E-state index contributed by atoms with van der Waals surface area (Å²) >= 11 is 5.49. The van der Waals surface area contributed by atoms with Gasteiger partial charge in [0, 0.05) is 17.7 Å². The van der Waals surface area contributed by atoms with Crippen LogP contribution in [0.1, 0.15) is 59.3 Å². The fraction of sp³-hybridized carbons (Fsp3) is 0.583. The molecule has 0 saturated carbocycles. The highest BCUT2D eigenvalue weighted by Gasteiger charge is 2.18. The lowest BCUT2D eigenvalue weighted by atomic mass is 9.94. The van der Waals surface area contributed by atoms with Gasteiger partial charge in [-0.2, -0.15) is 0 Å². The molecule has 168 valence electrons. The molecule has 6 heteroatoms. The van der Waals surface area contributed by atoms with Gasteiger partial charge < -0.3 is 14.8 Å². The van der Waals surface area contributed by atoms with Crippen molar-refractivity contribution in [3.05, 3.63) is 47.4 Å². The average Bonchev–Trinajstić information content (AvgIpc) is 2.88. The number of carbonyl (C=O) groups is 2. The van der Waals surface area contributed by atoms with E-state index < -0.39 is 0 Å². The highest BCUT2D eigenvalue weighted by Crippen LogP contribution is 2.25. The Morgan fingerprint density at radius 2 is 2.17 bits per heavy atom.